The molecule has 292 valence electrons. The van der Waals surface area contributed by atoms with Crippen LogP contribution in [-0.4, -0.2) is 99.9 Å². The summed E-state index contributed by atoms with van der Waals surface area (Å²) < 4.78 is 21.8. The maximum Gasteiger partial charge on any atom is 1.00 e. The first-order valence-corrected chi connectivity index (χ1v) is 20.0. The van der Waals surface area contributed by atoms with Crippen molar-refractivity contribution < 1.29 is 64.6 Å². The zero-order valence-corrected chi connectivity index (χ0v) is 36.6. The summed E-state index contributed by atoms with van der Waals surface area (Å²) in [7, 11) is 0. The number of hydrogen-bond donors (Lipinski definition) is 1. The number of aromatic nitrogens is 2. The number of hydrogen-bond acceptors (Lipinski definition) is 9. The van der Waals surface area contributed by atoms with Crippen LogP contribution in [-0.2, 0) is 30.9 Å². The Labute approximate surface area is 349 Å². The van der Waals surface area contributed by atoms with Crippen molar-refractivity contribution in [1.82, 2.24) is 19.8 Å². The maximum atomic E-state index is 12.1. The Kier molecular flexibility index (Phi) is 19.0. The van der Waals surface area contributed by atoms with Crippen LogP contribution in [0.4, 0.5) is 9.59 Å². The van der Waals surface area contributed by atoms with Gasteiger partial charge < -0.3 is 35.3 Å². The molecule has 7 rings (SSSR count). The fourth-order valence-electron chi connectivity index (χ4n) is 7.28. The van der Waals surface area contributed by atoms with Crippen molar-refractivity contribution in [3.05, 3.63) is 60.2 Å². The Bertz CT molecular complexity index is 1330. The fourth-order valence-corrected chi connectivity index (χ4v) is 7.62. The van der Waals surface area contributed by atoms with Crippen LogP contribution in [0.2, 0.25) is 0 Å². The molecule has 4 atom stereocenters. The Morgan fingerprint density at radius 1 is 0.792 bits per heavy atom. The number of rotatable bonds is 4. The third-order valence-electron chi connectivity index (χ3n) is 9.65. The van der Waals surface area contributed by atoms with Crippen LogP contribution in [0.3, 0.4) is 0 Å². The molecule has 0 aromatic carbocycles. The largest absolute Gasteiger partial charge is 1.00 e. The summed E-state index contributed by atoms with van der Waals surface area (Å²) in [6.07, 6.45) is 13.3. The molecule has 2 aliphatic carbocycles. The third-order valence-corrected chi connectivity index (χ3v) is 10.3. The molecule has 2 saturated carbocycles. The van der Waals surface area contributed by atoms with Gasteiger partial charge in [-0.25, -0.2) is 9.59 Å². The zero-order chi connectivity index (χ0) is 37.7. The topological polar surface area (TPSA) is 124 Å². The molecule has 0 bridgehead atoms. The first-order chi connectivity index (χ1) is 24.7. The molecule has 4 unspecified atom stereocenters. The minimum atomic E-state index is -0.426. The van der Waals surface area contributed by atoms with Gasteiger partial charge in [0, 0.05) is 69.5 Å². The van der Waals surface area contributed by atoms with E-state index in [9.17, 15) is 14.7 Å². The average molecular weight is 814 g/mol. The number of pyridine rings is 2. The number of nitrogens with zero attached hydrogens (tertiary/aromatic N) is 4. The van der Waals surface area contributed by atoms with E-state index in [0.29, 0.717) is 36.4 Å². The van der Waals surface area contributed by atoms with E-state index in [1.54, 1.807) is 17.3 Å². The number of aliphatic hydroxyl groups excluding tert-OH is 1. The van der Waals surface area contributed by atoms with Gasteiger partial charge in [-0.2, -0.15) is 0 Å². The number of alkyl halides is 1. The van der Waals surface area contributed by atoms with Crippen LogP contribution in [0.25, 0.3) is 0 Å². The Morgan fingerprint density at radius 2 is 1.23 bits per heavy atom. The summed E-state index contributed by atoms with van der Waals surface area (Å²) >= 11 is 3.32. The van der Waals surface area contributed by atoms with Crippen molar-refractivity contribution in [3.63, 3.8) is 0 Å². The number of aliphatic hydroxyl groups is 1. The number of ether oxygens (including phenoxy) is 4. The van der Waals surface area contributed by atoms with Crippen LogP contribution >= 0.6 is 15.9 Å². The molecule has 2 aromatic rings. The summed E-state index contributed by atoms with van der Waals surface area (Å²) in [6.45, 7) is 17.1. The molecule has 1 N–H and O–H groups in total. The molecular weight excluding hydrogens is 751 g/mol. The van der Waals surface area contributed by atoms with Crippen molar-refractivity contribution in [1.29, 1.82) is 0 Å². The summed E-state index contributed by atoms with van der Waals surface area (Å²) in [4.78, 5) is 35.6. The van der Waals surface area contributed by atoms with Gasteiger partial charge in [0.25, 0.3) is 0 Å². The minimum Gasteiger partial charge on any atom is -1.00 e. The molecular formula is C40H62BrN4NaO7. The Hall–Kier alpha value is -1.80. The smallest absolute Gasteiger partial charge is 1.00 e. The molecule has 0 spiro atoms. The fraction of sp³-hybridized carbons (Fsp3) is 0.700. The summed E-state index contributed by atoms with van der Waals surface area (Å²) in [5.41, 5.74) is 1.48. The predicted molar refractivity (Wildman–Crippen MR) is 205 cm³/mol. The number of amides is 2. The normalized spacial score (nSPS) is 25.7. The molecule has 0 radical (unpaired) electrons. The number of fused-ring (bicyclic) bond motifs is 2. The van der Waals surface area contributed by atoms with Crippen molar-refractivity contribution in [3.8, 4) is 0 Å². The number of carbonyl (C=O) groups excluding carboxylic acids is 2. The van der Waals surface area contributed by atoms with Gasteiger partial charge in [0.05, 0.1) is 18.8 Å². The van der Waals surface area contributed by atoms with Gasteiger partial charge in [-0.3, -0.25) is 9.97 Å². The number of likely N-dealkylation sites (tertiary alicyclic amines) is 2. The van der Waals surface area contributed by atoms with E-state index in [4.69, 9.17) is 18.9 Å². The first kappa shape index (κ1) is 45.6. The van der Waals surface area contributed by atoms with E-state index in [2.05, 4.69) is 25.9 Å². The Balaban J connectivity index is 0.000000280. The minimum absolute atomic E-state index is 0. The van der Waals surface area contributed by atoms with Crippen molar-refractivity contribution >= 4 is 28.1 Å². The summed E-state index contributed by atoms with van der Waals surface area (Å²) in [6, 6.07) is 7.92. The molecule has 3 saturated heterocycles. The van der Waals surface area contributed by atoms with Crippen molar-refractivity contribution in [2.24, 2.45) is 23.7 Å². The van der Waals surface area contributed by atoms with Gasteiger partial charge in [0.2, 0.25) is 0 Å². The molecule has 5 heterocycles. The molecule has 3 aliphatic heterocycles. The Morgan fingerprint density at radius 3 is 1.57 bits per heavy atom. The van der Waals surface area contributed by atoms with Gasteiger partial charge >= 0.3 is 41.7 Å². The first-order valence-electron chi connectivity index (χ1n) is 18.9. The zero-order valence-electron chi connectivity index (χ0n) is 34.0. The van der Waals surface area contributed by atoms with E-state index >= 15 is 0 Å². The van der Waals surface area contributed by atoms with Gasteiger partial charge in [-0.1, -0.05) is 28.1 Å². The van der Waals surface area contributed by atoms with Crippen molar-refractivity contribution in [2.45, 2.75) is 115 Å². The standard InChI is InChI=1S/C18H26N2O3.C12H21NO3.C6H6BrN.C4H8O.Na.H/c1-18(2,3)23-17(21)20-10-14-7-16(8-15(14)11-20)22-12-13-5-4-6-19-9-13;1-12(2,3)16-11(15)13-6-8-4-10(14)5-9(8)7-13;7-4-6-2-1-3-8-5-6;1-2-4-5-3-1;;/h4-6,9,14-16H,7-8,10-12H2,1-3H3;8-10,14H,4-7H2,1-3H3;1-3,5H,4H2;1-4H2;;/q;;;;+1;-1. The second kappa shape index (κ2) is 22.1. The molecule has 2 amide bonds. The van der Waals surface area contributed by atoms with E-state index in [0.717, 1.165) is 76.0 Å². The van der Waals surface area contributed by atoms with E-state index < -0.39 is 11.2 Å². The van der Waals surface area contributed by atoms with E-state index in [1.165, 1.54) is 18.4 Å². The van der Waals surface area contributed by atoms with Gasteiger partial charge in [-0.15, -0.1) is 0 Å². The van der Waals surface area contributed by atoms with E-state index in [-0.39, 0.29) is 49.3 Å². The van der Waals surface area contributed by atoms with Crippen LogP contribution < -0.4 is 29.6 Å². The molecule has 2 aromatic heterocycles. The molecule has 53 heavy (non-hydrogen) atoms. The molecule has 5 fully saturated rings. The molecule has 5 aliphatic rings. The van der Waals surface area contributed by atoms with Crippen LogP contribution in [0, 0.1) is 23.7 Å². The average Bonchev–Trinajstić information content (AvgIpc) is 3.92. The maximum absolute atomic E-state index is 12.1. The predicted octanol–water partition coefficient (Wildman–Crippen LogP) is 4.76. The second-order valence-electron chi connectivity index (χ2n) is 16.5. The van der Waals surface area contributed by atoms with Crippen LogP contribution in [0.15, 0.2) is 49.1 Å². The molecule has 11 nitrogen and oxygen atoms in total. The van der Waals surface area contributed by atoms with Gasteiger partial charge in [0.15, 0.2) is 0 Å². The second-order valence-corrected chi connectivity index (χ2v) is 17.1. The van der Waals surface area contributed by atoms with Crippen LogP contribution in [0.5, 0.6) is 0 Å². The van der Waals surface area contributed by atoms with E-state index in [1.807, 2.05) is 83.1 Å². The summed E-state index contributed by atoms with van der Waals surface area (Å²) in [5, 5.41) is 10.4. The van der Waals surface area contributed by atoms with Crippen LogP contribution in [0.1, 0.15) is 92.6 Å². The van der Waals surface area contributed by atoms with Crippen molar-refractivity contribution in [2.75, 3.05) is 39.4 Å². The molecule has 13 heteroatoms. The quantitative estimate of drug-likeness (QED) is 0.344. The monoisotopic (exact) mass is 812 g/mol. The van der Waals surface area contributed by atoms with Gasteiger partial charge in [-0.05, 0) is 127 Å². The summed E-state index contributed by atoms with van der Waals surface area (Å²) in [5.74, 6) is 2.04. The number of halogens is 1. The third kappa shape index (κ3) is 16.5. The number of carbonyl (C=O) groups is 2. The van der Waals surface area contributed by atoms with Gasteiger partial charge in [0.1, 0.15) is 11.2 Å². The SMILES string of the molecule is BrCc1cccnc1.C1CCOC1.CC(C)(C)OC(=O)N1CC2CC(O)CC2C1.CC(C)(C)OC(=O)N1CC2CC(OCc3cccnc3)CC2C1.[H-].[Na+].